The quantitative estimate of drug-likeness (QED) is 0.907. The zero-order valence-corrected chi connectivity index (χ0v) is 13.2. The number of rotatable bonds is 5. The number of hydrogen-bond donors (Lipinski definition) is 1. The molecule has 116 valence electrons. The van der Waals surface area contributed by atoms with Gasteiger partial charge in [0.25, 0.3) is 0 Å². The van der Waals surface area contributed by atoms with Gasteiger partial charge in [0.15, 0.2) is 0 Å². The van der Waals surface area contributed by atoms with E-state index < -0.39 is 0 Å². The molecule has 4 nitrogen and oxygen atoms in total. The van der Waals surface area contributed by atoms with Gasteiger partial charge in [-0.1, -0.05) is 19.1 Å². The van der Waals surface area contributed by atoms with Crippen LogP contribution in [0.25, 0.3) is 0 Å². The summed E-state index contributed by atoms with van der Waals surface area (Å²) in [6.07, 6.45) is 2.26. The molecule has 1 heterocycles. The Morgan fingerprint density at radius 1 is 1.43 bits per heavy atom. The third kappa shape index (κ3) is 3.56. The molecule has 0 spiro atoms. The van der Waals surface area contributed by atoms with Gasteiger partial charge in [0.2, 0.25) is 5.91 Å². The highest BCUT2D eigenvalue weighted by Crippen LogP contribution is 2.34. The summed E-state index contributed by atoms with van der Waals surface area (Å²) in [6.45, 7) is 6.87. The van der Waals surface area contributed by atoms with E-state index in [9.17, 15) is 4.79 Å². The predicted octanol–water partition coefficient (Wildman–Crippen LogP) is 2.87. The van der Waals surface area contributed by atoms with Gasteiger partial charge in [0.05, 0.1) is 12.6 Å². The molecule has 1 fully saturated rings. The molecule has 4 heteroatoms. The summed E-state index contributed by atoms with van der Waals surface area (Å²) in [5.41, 5.74) is 7.38. The normalized spacial score (nSPS) is 22.7. The molecule has 1 aliphatic heterocycles. The molecule has 1 aliphatic rings. The zero-order chi connectivity index (χ0) is 15.4. The fraction of sp³-hybridized carbons (Fsp3) is 0.588. The Morgan fingerprint density at radius 2 is 2.19 bits per heavy atom. The maximum Gasteiger partial charge on any atom is 0.223 e. The molecule has 21 heavy (non-hydrogen) atoms. The molecular formula is C17H26N2O2. The molecule has 1 aromatic carbocycles. The van der Waals surface area contributed by atoms with Crippen LogP contribution >= 0.6 is 0 Å². The summed E-state index contributed by atoms with van der Waals surface area (Å²) in [5.74, 6) is 1.04. The minimum absolute atomic E-state index is 0.0217. The van der Waals surface area contributed by atoms with Gasteiger partial charge in [-0.2, -0.15) is 0 Å². The second kappa shape index (κ2) is 6.94. The number of carbonyl (C=O) groups is 1. The summed E-state index contributed by atoms with van der Waals surface area (Å²) in [7, 11) is 0. The molecule has 2 atom stereocenters. The SMILES string of the molecule is CCCOc1cccc(C2C(N)CCC(=O)N2C(C)C)c1. The van der Waals surface area contributed by atoms with Crippen LogP contribution in [0.3, 0.4) is 0 Å². The van der Waals surface area contributed by atoms with Gasteiger partial charge in [-0.25, -0.2) is 0 Å². The Balaban J connectivity index is 2.29. The molecule has 1 aromatic rings. The molecule has 2 unspecified atom stereocenters. The lowest BCUT2D eigenvalue weighted by Gasteiger charge is -2.42. The first-order chi connectivity index (χ1) is 10.0. The van der Waals surface area contributed by atoms with E-state index in [1.165, 1.54) is 0 Å². The first-order valence-electron chi connectivity index (χ1n) is 7.84. The Bertz CT molecular complexity index is 487. The van der Waals surface area contributed by atoms with Crippen LogP contribution in [0.4, 0.5) is 0 Å². The van der Waals surface area contributed by atoms with Crippen LogP contribution in [0, 0.1) is 0 Å². The van der Waals surface area contributed by atoms with Gasteiger partial charge in [0.1, 0.15) is 5.75 Å². The van der Waals surface area contributed by atoms with Gasteiger partial charge in [0, 0.05) is 18.5 Å². The van der Waals surface area contributed by atoms with Gasteiger partial charge in [-0.15, -0.1) is 0 Å². The Hall–Kier alpha value is -1.55. The molecule has 0 aliphatic carbocycles. The third-order valence-corrected chi connectivity index (χ3v) is 3.91. The average molecular weight is 290 g/mol. The van der Waals surface area contributed by atoms with E-state index in [2.05, 4.69) is 6.92 Å². The monoisotopic (exact) mass is 290 g/mol. The molecule has 2 N–H and O–H groups in total. The molecule has 0 bridgehead atoms. The Labute approximate surface area is 127 Å². The predicted molar refractivity (Wildman–Crippen MR) is 84.2 cm³/mol. The van der Waals surface area contributed by atoms with Crippen molar-refractivity contribution in [2.24, 2.45) is 5.73 Å². The first kappa shape index (κ1) is 15.8. The standard InChI is InChI=1S/C17H26N2O2/c1-4-10-21-14-7-5-6-13(11-14)17-15(18)8-9-16(20)19(17)12(2)3/h5-7,11-12,15,17H,4,8-10,18H2,1-3H3. The Morgan fingerprint density at radius 3 is 2.86 bits per heavy atom. The highest BCUT2D eigenvalue weighted by molar-refractivity contribution is 5.78. The first-order valence-corrected chi connectivity index (χ1v) is 7.84. The van der Waals surface area contributed by atoms with E-state index in [0.29, 0.717) is 13.0 Å². The number of carbonyl (C=O) groups excluding carboxylic acids is 1. The lowest BCUT2D eigenvalue weighted by atomic mass is 9.89. The van der Waals surface area contributed by atoms with E-state index in [1.807, 2.05) is 43.0 Å². The third-order valence-electron chi connectivity index (χ3n) is 3.91. The van der Waals surface area contributed by atoms with Crippen molar-refractivity contribution in [1.82, 2.24) is 4.90 Å². The summed E-state index contributed by atoms with van der Waals surface area (Å²) in [5, 5.41) is 0. The highest BCUT2D eigenvalue weighted by Gasteiger charge is 2.36. The molecule has 0 aromatic heterocycles. The smallest absolute Gasteiger partial charge is 0.223 e. The number of likely N-dealkylation sites (tertiary alicyclic amines) is 1. The van der Waals surface area contributed by atoms with E-state index in [1.54, 1.807) is 0 Å². The topological polar surface area (TPSA) is 55.6 Å². The van der Waals surface area contributed by atoms with E-state index >= 15 is 0 Å². The van der Waals surface area contributed by atoms with Crippen molar-refractivity contribution in [3.8, 4) is 5.75 Å². The number of hydrogen-bond acceptors (Lipinski definition) is 3. The summed E-state index contributed by atoms with van der Waals surface area (Å²) >= 11 is 0. The zero-order valence-electron chi connectivity index (χ0n) is 13.2. The number of nitrogens with two attached hydrogens (primary N) is 1. The van der Waals surface area contributed by atoms with Crippen molar-refractivity contribution < 1.29 is 9.53 Å². The fourth-order valence-corrected chi connectivity index (χ4v) is 2.96. The van der Waals surface area contributed by atoms with Crippen LogP contribution in [0.5, 0.6) is 5.75 Å². The number of piperidine rings is 1. The number of amides is 1. The second-order valence-electron chi connectivity index (χ2n) is 5.96. The van der Waals surface area contributed by atoms with Gasteiger partial charge >= 0.3 is 0 Å². The highest BCUT2D eigenvalue weighted by atomic mass is 16.5. The van der Waals surface area contributed by atoms with Crippen LogP contribution in [0.2, 0.25) is 0 Å². The second-order valence-corrected chi connectivity index (χ2v) is 5.96. The molecule has 0 radical (unpaired) electrons. The van der Waals surface area contributed by atoms with Crippen LogP contribution in [-0.2, 0) is 4.79 Å². The van der Waals surface area contributed by atoms with Gasteiger partial charge in [-0.05, 0) is 44.4 Å². The van der Waals surface area contributed by atoms with Crippen molar-refractivity contribution in [2.75, 3.05) is 6.61 Å². The maximum atomic E-state index is 12.3. The van der Waals surface area contributed by atoms with Crippen molar-refractivity contribution in [3.63, 3.8) is 0 Å². The molecule has 2 rings (SSSR count). The average Bonchev–Trinajstić information content (AvgIpc) is 2.47. The van der Waals surface area contributed by atoms with Crippen molar-refractivity contribution in [2.45, 2.75) is 58.2 Å². The van der Waals surface area contributed by atoms with Crippen molar-refractivity contribution >= 4 is 5.91 Å². The molecule has 1 saturated heterocycles. The summed E-state index contributed by atoms with van der Waals surface area (Å²) in [6, 6.07) is 8.06. The fourth-order valence-electron chi connectivity index (χ4n) is 2.96. The van der Waals surface area contributed by atoms with Crippen molar-refractivity contribution in [3.05, 3.63) is 29.8 Å². The largest absolute Gasteiger partial charge is 0.494 e. The van der Waals surface area contributed by atoms with Crippen LogP contribution < -0.4 is 10.5 Å². The number of benzene rings is 1. The van der Waals surface area contributed by atoms with Crippen LogP contribution in [-0.4, -0.2) is 29.5 Å². The van der Waals surface area contributed by atoms with E-state index in [-0.39, 0.29) is 24.0 Å². The van der Waals surface area contributed by atoms with E-state index in [4.69, 9.17) is 10.5 Å². The molecular weight excluding hydrogens is 264 g/mol. The van der Waals surface area contributed by atoms with Gasteiger partial charge < -0.3 is 15.4 Å². The summed E-state index contributed by atoms with van der Waals surface area (Å²) in [4.78, 5) is 14.2. The van der Waals surface area contributed by atoms with Crippen LogP contribution in [0.15, 0.2) is 24.3 Å². The van der Waals surface area contributed by atoms with E-state index in [0.717, 1.165) is 24.2 Å². The lowest BCUT2D eigenvalue weighted by molar-refractivity contribution is -0.139. The number of nitrogens with zero attached hydrogens (tertiary/aromatic N) is 1. The maximum absolute atomic E-state index is 12.3. The van der Waals surface area contributed by atoms with Crippen molar-refractivity contribution in [1.29, 1.82) is 0 Å². The molecule has 0 saturated carbocycles. The minimum Gasteiger partial charge on any atom is -0.494 e. The summed E-state index contributed by atoms with van der Waals surface area (Å²) < 4.78 is 5.70. The Kier molecular flexibility index (Phi) is 5.23. The minimum atomic E-state index is -0.0589. The number of ether oxygens (including phenoxy) is 1. The van der Waals surface area contributed by atoms with Crippen LogP contribution in [0.1, 0.15) is 51.6 Å². The lowest BCUT2D eigenvalue weighted by Crippen LogP contribution is -2.51. The molecule has 1 amide bonds. The van der Waals surface area contributed by atoms with Gasteiger partial charge in [-0.3, -0.25) is 4.79 Å².